The fourth-order valence-corrected chi connectivity index (χ4v) is 1.95. The van der Waals surface area contributed by atoms with Crippen LogP contribution in [0.25, 0.3) is 0 Å². The third kappa shape index (κ3) is 3.14. The van der Waals surface area contributed by atoms with E-state index >= 15 is 0 Å². The van der Waals surface area contributed by atoms with Gasteiger partial charge in [0.2, 0.25) is 0 Å². The van der Waals surface area contributed by atoms with Gasteiger partial charge in [0.15, 0.2) is 0 Å². The van der Waals surface area contributed by atoms with E-state index in [1.807, 2.05) is 32.0 Å². The summed E-state index contributed by atoms with van der Waals surface area (Å²) in [6.07, 6.45) is 0. The van der Waals surface area contributed by atoms with Gasteiger partial charge in [0.1, 0.15) is 24.0 Å². The first-order valence-electron chi connectivity index (χ1n) is 6.38. The molecule has 1 atom stereocenters. The van der Waals surface area contributed by atoms with Crippen molar-refractivity contribution in [3.63, 3.8) is 0 Å². The van der Waals surface area contributed by atoms with Gasteiger partial charge in [-0.15, -0.1) is 0 Å². The van der Waals surface area contributed by atoms with Crippen LogP contribution in [0.4, 0.5) is 8.78 Å². The van der Waals surface area contributed by atoms with Crippen LogP contribution in [0.15, 0.2) is 36.4 Å². The number of hydrogen-bond acceptors (Lipinski definition) is 2. The molecule has 0 saturated heterocycles. The molecule has 0 aliphatic carbocycles. The molecule has 0 amide bonds. The quantitative estimate of drug-likeness (QED) is 0.925. The molecule has 0 aliphatic heterocycles. The zero-order valence-electron chi connectivity index (χ0n) is 11.5. The van der Waals surface area contributed by atoms with Crippen molar-refractivity contribution >= 4 is 0 Å². The molecule has 2 N–H and O–H groups in total. The van der Waals surface area contributed by atoms with Crippen LogP contribution in [0, 0.1) is 25.5 Å². The molecule has 1 unspecified atom stereocenters. The molecule has 4 heteroatoms. The molecule has 20 heavy (non-hydrogen) atoms. The van der Waals surface area contributed by atoms with E-state index in [2.05, 4.69) is 0 Å². The Balaban J connectivity index is 2.10. The van der Waals surface area contributed by atoms with Crippen molar-refractivity contribution in [3.05, 3.63) is 64.7 Å². The summed E-state index contributed by atoms with van der Waals surface area (Å²) < 4.78 is 32.3. The van der Waals surface area contributed by atoms with E-state index in [-0.39, 0.29) is 12.2 Å². The molecule has 0 aliphatic rings. The number of hydrogen-bond donors (Lipinski definition) is 1. The summed E-state index contributed by atoms with van der Waals surface area (Å²) in [6, 6.07) is 8.22. The van der Waals surface area contributed by atoms with E-state index in [9.17, 15) is 8.78 Å². The number of halogens is 2. The van der Waals surface area contributed by atoms with Crippen LogP contribution in [-0.2, 0) is 0 Å². The number of aryl methyl sites for hydroxylation is 1. The summed E-state index contributed by atoms with van der Waals surface area (Å²) in [5.41, 5.74) is 8.11. The standard InChI is InChI=1S/C16H17F2NO/c1-10-4-3-5-16(11(10)2)20-9-15(19)13-8-12(17)6-7-14(13)18/h3-8,15H,9,19H2,1-2H3. The number of rotatable bonds is 4. The number of nitrogens with two attached hydrogens (primary N) is 1. The molecule has 0 aromatic heterocycles. The lowest BCUT2D eigenvalue weighted by Crippen LogP contribution is -2.20. The van der Waals surface area contributed by atoms with E-state index in [4.69, 9.17) is 10.5 Å². The Morgan fingerprint density at radius 2 is 1.90 bits per heavy atom. The molecule has 0 saturated carbocycles. The molecule has 0 fully saturated rings. The smallest absolute Gasteiger partial charge is 0.128 e. The highest BCUT2D eigenvalue weighted by Crippen LogP contribution is 2.23. The molecule has 0 radical (unpaired) electrons. The van der Waals surface area contributed by atoms with Crippen molar-refractivity contribution < 1.29 is 13.5 Å². The maximum absolute atomic E-state index is 13.6. The van der Waals surface area contributed by atoms with E-state index in [1.165, 1.54) is 0 Å². The van der Waals surface area contributed by atoms with Gasteiger partial charge in [-0.25, -0.2) is 8.78 Å². The van der Waals surface area contributed by atoms with Crippen LogP contribution >= 0.6 is 0 Å². The second-order valence-corrected chi connectivity index (χ2v) is 4.78. The van der Waals surface area contributed by atoms with Crippen LogP contribution in [0.1, 0.15) is 22.7 Å². The minimum atomic E-state index is -0.717. The average Bonchev–Trinajstić information content (AvgIpc) is 2.43. The normalized spacial score (nSPS) is 12.2. The van der Waals surface area contributed by atoms with Gasteiger partial charge in [-0.05, 0) is 49.2 Å². The third-order valence-corrected chi connectivity index (χ3v) is 3.33. The molecule has 0 bridgehead atoms. The second kappa shape index (κ2) is 6.01. The van der Waals surface area contributed by atoms with Gasteiger partial charge in [0.05, 0.1) is 6.04 Å². The van der Waals surface area contributed by atoms with Crippen molar-refractivity contribution in [2.75, 3.05) is 6.61 Å². The van der Waals surface area contributed by atoms with Crippen LogP contribution in [0.2, 0.25) is 0 Å². The first-order chi connectivity index (χ1) is 9.49. The summed E-state index contributed by atoms with van der Waals surface area (Å²) in [7, 11) is 0. The minimum absolute atomic E-state index is 0.0880. The lowest BCUT2D eigenvalue weighted by atomic mass is 10.1. The first kappa shape index (κ1) is 14.5. The Kier molecular flexibility index (Phi) is 4.35. The Labute approximate surface area is 117 Å². The Bertz CT molecular complexity index is 613. The minimum Gasteiger partial charge on any atom is -0.491 e. The summed E-state index contributed by atoms with van der Waals surface area (Å²) >= 11 is 0. The van der Waals surface area contributed by atoms with Gasteiger partial charge >= 0.3 is 0 Å². The molecule has 106 valence electrons. The summed E-state index contributed by atoms with van der Waals surface area (Å²) in [6.45, 7) is 4.01. The van der Waals surface area contributed by atoms with Crippen LogP contribution in [0.5, 0.6) is 5.75 Å². The fourth-order valence-electron chi connectivity index (χ4n) is 1.95. The Morgan fingerprint density at radius 1 is 1.15 bits per heavy atom. The summed E-state index contributed by atoms with van der Waals surface area (Å²) in [5.74, 6) is -0.329. The van der Waals surface area contributed by atoms with Gasteiger partial charge in [0.25, 0.3) is 0 Å². The Morgan fingerprint density at radius 3 is 2.65 bits per heavy atom. The van der Waals surface area contributed by atoms with Gasteiger partial charge in [-0.1, -0.05) is 12.1 Å². The molecular formula is C16H17F2NO. The van der Waals surface area contributed by atoms with Crippen molar-refractivity contribution in [1.29, 1.82) is 0 Å². The lowest BCUT2D eigenvalue weighted by Gasteiger charge is -2.16. The first-order valence-corrected chi connectivity index (χ1v) is 6.38. The van der Waals surface area contributed by atoms with Crippen molar-refractivity contribution in [1.82, 2.24) is 0 Å². The zero-order valence-corrected chi connectivity index (χ0v) is 11.5. The highest BCUT2D eigenvalue weighted by Gasteiger charge is 2.14. The van der Waals surface area contributed by atoms with E-state index in [1.54, 1.807) is 0 Å². The predicted molar refractivity (Wildman–Crippen MR) is 74.7 cm³/mol. The summed E-state index contributed by atoms with van der Waals surface area (Å²) in [5, 5.41) is 0. The molecular weight excluding hydrogens is 260 g/mol. The van der Waals surface area contributed by atoms with Crippen LogP contribution in [0.3, 0.4) is 0 Å². The largest absolute Gasteiger partial charge is 0.491 e. The monoisotopic (exact) mass is 277 g/mol. The lowest BCUT2D eigenvalue weighted by molar-refractivity contribution is 0.285. The third-order valence-electron chi connectivity index (χ3n) is 3.33. The van der Waals surface area contributed by atoms with Crippen molar-refractivity contribution in [2.45, 2.75) is 19.9 Å². The van der Waals surface area contributed by atoms with Gasteiger partial charge in [0, 0.05) is 5.56 Å². The van der Waals surface area contributed by atoms with Crippen molar-refractivity contribution in [2.24, 2.45) is 5.73 Å². The highest BCUT2D eigenvalue weighted by atomic mass is 19.1. The summed E-state index contributed by atoms with van der Waals surface area (Å²) in [4.78, 5) is 0. The molecule has 2 aromatic rings. The topological polar surface area (TPSA) is 35.2 Å². The predicted octanol–water partition coefficient (Wildman–Crippen LogP) is 3.66. The molecule has 0 spiro atoms. The maximum Gasteiger partial charge on any atom is 0.128 e. The van der Waals surface area contributed by atoms with Gasteiger partial charge in [-0.2, -0.15) is 0 Å². The Hall–Kier alpha value is -1.94. The zero-order chi connectivity index (χ0) is 14.7. The van der Waals surface area contributed by atoms with E-state index in [0.717, 1.165) is 29.3 Å². The van der Waals surface area contributed by atoms with E-state index < -0.39 is 17.7 Å². The van der Waals surface area contributed by atoms with Crippen LogP contribution in [-0.4, -0.2) is 6.61 Å². The molecule has 0 heterocycles. The molecule has 2 aromatic carbocycles. The van der Waals surface area contributed by atoms with Gasteiger partial charge in [-0.3, -0.25) is 0 Å². The highest BCUT2D eigenvalue weighted by molar-refractivity contribution is 5.38. The second-order valence-electron chi connectivity index (χ2n) is 4.78. The number of benzene rings is 2. The van der Waals surface area contributed by atoms with E-state index in [0.29, 0.717) is 5.75 Å². The molecule has 2 nitrogen and oxygen atoms in total. The average molecular weight is 277 g/mol. The maximum atomic E-state index is 13.6. The fraction of sp³-hybridized carbons (Fsp3) is 0.250. The van der Waals surface area contributed by atoms with Crippen LogP contribution < -0.4 is 10.5 Å². The van der Waals surface area contributed by atoms with Gasteiger partial charge < -0.3 is 10.5 Å². The molecule has 2 rings (SSSR count). The van der Waals surface area contributed by atoms with Crippen molar-refractivity contribution in [3.8, 4) is 5.75 Å². The number of ether oxygens (including phenoxy) is 1. The SMILES string of the molecule is Cc1cccc(OCC(N)c2cc(F)ccc2F)c1C.